The van der Waals surface area contributed by atoms with E-state index in [0.717, 1.165) is 5.82 Å². The lowest BCUT2D eigenvalue weighted by Crippen LogP contribution is -2.50. The van der Waals surface area contributed by atoms with Crippen LogP contribution in [0.15, 0.2) is 24.4 Å². The lowest BCUT2D eigenvalue weighted by atomic mass is 9.71. The van der Waals surface area contributed by atoms with Gasteiger partial charge < -0.3 is 4.90 Å². The van der Waals surface area contributed by atoms with E-state index in [1.165, 1.54) is 0 Å². The Morgan fingerprint density at radius 2 is 1.53 bits per heavy atom. The van der Waals surface area contributed by atoms with Gasteiger partial charge in [-0.25, -0.2) is 4.98 Å². The van der Waals surface area contributed by atoms with Crippen molar-refractivity contribution in [2.24, 2.45) is 10.8 Å². The van der Waals surface area contributed by atoms with Gasteiger partial charge in [-0.2, -0.15) is 0 Å². The van der Waals surface area contributed by atoms with Gasteiger partial charge in [-0.15, -0.1) is 0 Å². The van der Waals surface area contributed by atoms with E-state index in [4.69, 9.17) is 0 Å². The van der Waals surface area contributed by atoms with E-state index in [0.29, 0.717) is 6.04 Å². The molecule has 2 heteroatoms. The topological polar surface area (TPSA) is 16.1 Å². The molecule has 0 aromatic carbocycles. The van der Waals surface area contributed by atoms with Crippen molar-refractivity contribution in [3.63, 3.8) is 0 Å². The third kappa shape index (κ3) is 3.45. The van der Waals surface area contributed by atoms with Crippen LogP contribution in [0.4, 0.5) is 5.82 Å². The van der Waals surface area contributed by atoms with Crippen molar-refractivity contribution in [1.29, 1.82) is 0 Å². The van der Waals surface area contributed by atoms with Gasteiger partial charge in [0.1, 0.15) is 5.82 Å². The summed E-state index contributed by atoms with van der Waals surface area (Å²) in [7, 11) is 2.14. The molecule has 0 radical (unpaired) electrons. The highest BCUT2D eigenvalue weighted by atomic mass is 15.2. The quantitative estimate of drug-likeness (QED) is 0.769. The van der Waals surface area contributed by atoms with E-state index < -0.39 is 0 Å². The standard InChI is InChI=1S/C15H26N2/c1-14(2,3)13(15(4,5)6)17(7)12-10-8-9-11-16-12/h8-11,13H,1-7H3. The molecule has 0 saturated carbocycles. The molecule has 1 heterocycles. The Balaban J connectivity index is 3.09. The maximum absolute atomic E-state index is 4.45. The minimum atomic E-state index is 0.213. The Morgan fingerprint density at radius 3 is 1.88 bits per heavy atom. The van der Waals surface area contributed by atoms with E-state index >= 15 is 0 Å². The molecule has 96 valence electrons. The summed E-state index contributed by atoms with van der Waals surface area (Å²) in [5.41, 5.74) is 0.426. The summed E-state index contributed by atoms with van der Waals surface area (Å²) in [6.45, 7) is 13.8. The largest absolute Gasteiger partial charge is 0.356 e. The third-order valence-corrected chi connectivity index (χ3v) is 3.04. The molecule has 1 aromatic rings. The number of hydrogen-bond donors (Lipinski definition) is 0. The minimum absolute atomic E-state index is 0.213. The maximum atomic E-state index is 4.45. The summed E-state index contributed by atoms with van der Waals surface area (Å²) in [5.74, 6) is 1.04. The molecule has 2 nitrogen and oxygen atoms in total. The molecule has 0 fully saturated rings. The Labute approximate surface area is 106 Å². The minimum Gasteiger partial charge on any atom is -0.356 e. The van der Waals surface area contributed by atoms with Gasteiger partial charge in [0.05, 0.1) is 0 Å². The fourth-order valence-corrected chi connectivity index (χ4v) is 3.16. The first kappa shape index (κ1) is 14.0. The number of aromatic nitrogens is 1. The molecule has 1 aromatic heterocycles. The van der Waals surface area contributed by atoms with Crippen LogP contribution < -0.4 is 4.90 Å². The summed E-state index contributed by atoms with van der Waals surface area (Å²) < 4.78 is 0. The average molecular weight is 234 g/mol. The lowest BCUT2D eigenvalue weighted by molar-refractivity contribution is 0.173. The highest BCUT2D eigenvalue weighted by Crippen LogP contribution is 2.38. The van der Waals surface area contributed by atoms with Crippen molar-refractivity contribution in [2.45, 2.75) is 47.6 Å². The summed E-state index contributed by atoms with van der Waals surface area (Å²) in [5, 5.41) is 0. The zero-order valence-electron chi connectivity index (χ0n) is 12.3. The van der Waals surface area contributed by atoms with Crippen LogP contribution in [-0.4, -0.2) is 18.1 Å². The van der Waals surface area contributed by atoms with Crippen molar-refractivity contribution in [3.8, 4) is 0 Å². The highest BCUT2D eigenvalue weighted by Gasteiger charge is 2.38. The normalized spacial score (nSPS) is 12.9. The summed E-state index contributed by atoms with van der Waals surface area (Å²) in [6, 6.07) is 6.51. The van der Waals surface area contributed by atoms with Crippen LogP contribution in [0.25, 0.3) is 0 Å². The molecule has 0 unspecified atom stereocenters. The lowest BCUT2D eigenvalue weighted by Gasteiger charge is -2.46. The molecule has 0 aliphatic carbocycles. The fourth-order valence-electron chi connectivity index (χ4n) is 3.16. The summed E-state index contributed by atoms with van der Waals surface area (Å²) in [6.07, 6.45) is 1.86. The van der Waals surface area contributed by atoms with Crippen LogP contribution >= 0.6 is 0 Å². The Hall–Kier alpha value is -1.05. The van der Waals surface area contributed by atoms with Gasteiger partial charge in [-0.1, -0.05) is 47.6 Å². The van der Waals surface area contributed by atoms with Crippen LogP contribution in [0, 0.1) is 10.8 Å². The van der Waals surface area contributed by atoms with Crippen molar-refractivity contribution in [3.05, 3.63) is 24.4 Å². The first-order valence-corrected chi connectivity index (χ1v) is 6.28. The molecule has 0 bridgehead atoms. The van der Waals surface area contributed by atoms with Gasteiger partial charge in [0, 0.05) is 19.3 Å². The molecule has 0 atom stereocenters. The first-order valence-electron chi connectivity index (χ1n) is 6.28. The number of rotatable bonds is 2. The van der Waals surface area contributed by atoms with Crippen LogP contribution in [0.2, 0.25) is 0 Å². The summed E-state index contributed by atoms with van der Waals surface area (Å²) in [4.78, 5) is 6.76. The number of anilines is 1. The maximum Gasteiger partial charge on any atom is 0.128 e. The molecular formula is C15H26N2. The monoisotopic (exact) mass is 234 g/mol. The highest BCUT2D eigenvalue weighted by molar-refractivity contribution is 5.39. The number of hydrogen-bond acceptors (Lipinski definition) is 2. The molecule has 17 heavy (non-hydrogen) atoms. The second-order valence-corrected chi connectivity index (χ2v) is 6.93. The predicted octanol–water partition coefficient (Wildman–Crippen LogP) is 3.98. The van der Waals surface area contributed by atoms with E-state index in [1.54, 1.807) is 0 Å². The summed E-state index contributed by atoms with van der Waals surface area (Å²) >= 11 is 0. The Morgan fingerprint density at radius 1 is 1.00 bits per heavy atom. The molecule has 0 amide bonds. The first-order chi connectivity index (χ1) is 7.64. The zero-order chi connectivity index (χ0) is 13.3. The van der Waals surface area contributed by atoms with Crippen LogP contribution in [0.1, 0.15) is 41.5 Å². The number of pyridine rings is 1. The van der Waals surface area contributed by atoms with E-state index in [9.17, 15) is 0 Å². The smallest absolute Gasteiger partial charge is 0.128 e. The van der Waals surface area contributed by atoms with Crippen molar-refractivity contribution in [2.75, 3.05) is 11.9 Å². The van der Waals surface area contributed by atoms with E-state index in [1.807, 2.05) is 18.3 Å². The van der Waals surface area contributed by atoms with Crippen molar-refractivity contribution in [1.82, 2.24) is 4.98 Å². The molecule has 0 spiro atoms. The predicted molar refractivity (Wildman–Crippen MR) is 75.3 cm³/mol. The van der Waals surface area contributed by atoms with Gasteiger partial charge in [0.2, 0.25) is 0 Å². The van der Waals surface area contributed by atoms with Gasteiger partial charge in [0.25, 0.3) is 0 Å². The Kier molecular flexibility index (Phi) is 3.85. The van der Waals surface area contributed by atoms with Crippen LogP contribution in [-0.2, 0) is 0 Å². The zero-order valence-corrected chi connectivity index (χ0v) is 12.3. The molecule has 1 rings (SSSR count). The second-order valence-electron chi connectivity index (χ2n) is 6.93. The molecule has 0 aliphatic heterocycles. The molecular weight excluding hydrogens is 208 g/mol. The SMILES string of the molecule is CN(c1ccccn1)C(C(C)(C)C)C(C)(C)C. The van der Waals surface area contributed by atoms with Gasteiger partial charge in [-0.3, -0.25) is 0 Å². The molecule has 0 saturated heterocycles. The van der Waals surface area contributed by atoms with Crippen LogP contribution in [0.3, 0.4) is 0 Å². The van der Waals surface area contributed by atoms with Crippen LogP contribution in [0.5, 0.6) is 0 Å². The second kappa shape index (κ2) is 4.67. The van der Waals surface area contributed by atoms with Gasteiger partial charge in [0.15, 0.2) is 0 Å². The number of nitrogens with zero attached hydrogens (tertiary/aromatic N) is 2. The Bertz CT molecular complexity index is 329. The molecule has 0 N–H and O–H groups in total. The van der Waals surface area contributed by atoms with E-state index in [-0.39, 0.29) is 10.8 Å². The van der Waals surface area contributed by atoms with Crippen molar-refractivity contribution >= 4 is 5.82 Å². The van der Waals surface area contributed by atoms with E-state index in [2.05, 4.69) is 64.5 Å². The fraction of sp³-hybridized carbons (Fsp3) is 0.667. The average Bonchev–Trinajstić information content (AvgIpc) is 2.14. The third-order valence-electron chi connectivity index (χ3n) is 3.04. The molecule has 0 aliphatic rings. The van der Waals surface area contributed by atoms with Gasteiger partial charge >= 0.3 is 0 Å². The van der Waals surface area contributed by atoms with Gasteiger partial charge in [-0.05, 0) is 23.0 Å². The van der Waals surface area contributed by atoms with Crippen molar-refractivity contribution < 1.29 is 0 Å².